The van der Waals surface area contributed by atoms with Gasteiger partial charge in [0.2, 0.25) is 0 Å². The van der Waals surface area contributed by atoms with Crippen molar-refractivity contribution in [2.75, 3.05) is 18.5 Å². The van der Waals surface area contributed by atoms with E-state index in [0.717, 1.165) is 17.0 Å². The molecule has 0 unspecified atom stereocenters. The van der Waals surface area contributed by atoms with Crippen LogP contribution in [0.5, 0.6) is 11.5 Å². The van der Waals surface area contributed by atoms with E-state index in [2.05, 4.69) is 10.4 Å². The largest absolute Gasteiger partial charge is 0.482 e. The van der Waals surface area contributed by atoms with Crippen LogP contribution in [-0.2, 0) is 16.6 Å². The highest BCUT2D eigenvalue weighted by atomic mass is 16.5. The van der Waals surface area contributed by atoms with Gasteiger partial charge in [0.15, 0.2) is 19.0 Å². The lowest BCUT2D eigenvalue weighted by atomic mass is 10.2. The summed E-state index contributed by atoms with van der Waals surface area (Å²) in [4.78, 5) is 22.6. The second-order valence-corrected chi connectivity index (χ2v) is 5.62. The number of benzene rings is 1. The van der Waals surface area contributed by atoms with Crippen LogP contribution in [-0.4, -0.2) is 40.0 Å². The predicted molar refractivity (Wildman–Crippen MR) is 91.1 cm³/mol. The summed E-state index contributed by atoms with van der Waals surface area (Å²) in [6.45, 7) is 4.93. The van der Waals surface area contributed by atoms with Crippen LogP contribution >= 0.6 is 0 Å². The molecule has 134 valence electrons. The third-order valence-corrected chi connectivity index (χ3v) is 3.62. The number of carbonyl (C=O) groups is 2. The highest BCUT2D eigenvalue weighted by Crippen LogP contribution is 2.23. The third kappa shape index (κ3) is 4.72. The van der Waals surface area contributed by atoms with Crippen molar-refractivity contribution in [1.29, 1.82) is 0 Å². The Bertz CT molecular complexity index is 798. The lowest BCUT2D eigenvalue weighted by Crippen LogP contribution is -2.21. The molecule has 8 heteroatoms. The summed E-state index contributed by atoms with van der Waals surface area (Å²) >= 11 is 0. The third-order valence-electron chi connectivity index (χ3n) is 3.62. The number of carboxylic acids is 1. The van der Waals surface area contributed by atoms with Crippen molar-refractivity contribution in [2.24, 2.45) is 7.05 Å². The van der Waals surface area contributed by atoms with Crippen molar-refractivity contribution in [2.45, 2.75) is 20.8 Å². The molecule has 0 bridgehead atoms. The van der Waals surface area contributed by atoms with Gasteiger partial charge in [-0.2, -0.15) is 5.10 Å². The SMILES string of the molecule is Cc1cc(OCC(=O)O)ccc1NC(=O)COc1c(C)nn(C)c1C. The summed E-state index contributed by atoms with van der Waals surface area (Å²) in [5.74, 6) is -0.319. The standard InChI is InChI=1S/C17H21N3O5/c1-10-7-13(24-9-16(22)23)5-6-14(10)18-15(21)8-25-17-11(2)19-20(4)12(17)3/h5-7H,8-9H2,1-4H3,(H,18,21)(H,22,23). The summed E-state index contributed by atoms with van der Waals surface area (Å²) in [5.41, 5.74) is 2.94. The fraction of sp³-hybridized carbons (Fsp3) is 0.353. The van der Waals surface area contributed by atoms with E-state index >= 15 is 0 Å². The van der Waals surface area contributed by atoms with E-state index in [1.165, 1.54) is 0 Å². The zero-order valence-electron chi connectivity index (χ0n) is 14.6. The maximum Gasteiger partial charge on any atom is 0.341 e. The Labute approximate surface area is 145 Å². The molecule has 8 nitrogen and oxygen atoms in total. The Morgan fingerprint density at radius 2 is 1.92 bits per heavy atom. The molecule has 25 heavy (non-hydrogen) atoms. The van der Waals surface area contributed by atoms with Gasteiger partial charge in [-0.05, 0) is 44.5 Å². The number of ether oxygens (including phenoxy) is 2. The van der Waals surface area contributed by atoms with Gasteiger partial charge in [-0.15, -0.1) is 0 Å². The molecule has 0 aliphatic heterocycles. The van der Waals surface area contributed by atoms with Gasteiger partial charge < -0.3 is 19.9 Å². The number of nitrogens with one attached hydrogen (secondary N) is 1. The van der Waals surface area contributed by atoms with Crippen LogP contribution in [0.4, 0.5) is 5.69 Å². The summed E-state index contributed by atoms with van der Waals surface area (Å²) in [7, 11) is 1.81. The number of carboxylic acid groups (broad SMARTS) is 1. The van der Waals surface area contributed by atoms with E-state index in [9.17, 15) is 9.59 Å². The number of aromatic nitrogens is 2. The number of carbonyl (C=O) groups excluding carboxylic acids is 1. The molecular weight excluding hydrogens is 326 g/mol. The minimum atomic E-state index is -1.05. The van der Waals surface area contributed by atoms with Crippen molar-refractivity contribution in [1.82, 2.24) is 9.78 Å². The van der Waals surface area contributed by atoms with Crippen molar-refractivity contribution >= 4 is 17.6 Å². The number of hydrogen-bond donors (Lipinski definition) is 2. The second-order valence-electron chi connectivity index (χ2n) is 5.62. The maximum atomic E-state index is 12.1. The van der Waals surface area contributed by atoms with E-state index in [1.54, 1.807) is 29.8 Å². The number of aryl methyl sites for hydroxylation is 3. The smallest absolute Gasteiger partial charge is 0.341 e. The van der Waals surface area contributed by atoms with Crippen molar-refractivity contribution in [3.05, 3.63) is 35.2 Å². The zero-order valence-corrected chi connectivity index (χ0v) is 14.6. The summed E-state index contributed by atoms with van der Waals surface area (Å²) < 4.78 is 12.4. The number of amides is 1. The van der Waals surface area contributed by atoms with Gasteiger partial charge in [0, 0.05) is 12.7 Å². The zero-order chi connectivity index (χ0) is 18.6. The molecule has 2 N–H and O–H groups in total. The van der Waals surface area contributed by atoms with Gasteiger partial charge in [-0.25, -0.2) is 4.79 Å². The van der Waals surface area contributed by atoms with E-state index in [-0.39, 0.29) is 12.5 Å². The molecule has 0 atom stereocenters. The molecular formula is C17H21N3O5. The molecule has 0 aliphatic rings. The first-order valence-electron chi connectivity index (χ1n) is 7.66. The molecule has 2 rings (SSSR count). The first-order valence-corrected chi connectivity index (χ1v) is 7.66. The molecule has 1 aromatic carbocycles. The van der Waals surface area contributed by atoms with Crippen LogP contribution in [0.1, 0.15) is 17.0 Å². The molecule has 2 aromatic rings. The van der Waals surface area contributed by atoms with E-state index < -0.39 is 12.6 Å². The predicted octanol–water partition coefficient (Wildman–Crippen LogP) is 1.83. The van der Waals surface area contributed by atoms with Gasteiger partial charge in [0.05, 0.1) is 5.69 Å². The molecule has 0 radical (unpaired) electrons. The number of nitrogens with zero attached hydrogens (tertiary/aromatic N) is 2. The lowest BCUT2D eigenvalue weighted by molar-refractivity contribution is -0.139. The Hall–Kier alpha value is -3.03. The van der Waals surface area contributed by atoms with Crippen LogP contribution in [0.15, 0.2) is 18.2 Å². The molecule has 0 saturated carbocycles. The molecule has 0 aliphatic carbocycles. The Kier molecular flexibility index (Phi) is 5.63. The Morgan fingerprint density at radius 3 is 2.48 bits per heavy atom. The number of hydrogen-bond acceptors (Lipinski definition) is 5. The van der Waals surface area contributed by atoms with Gasteiger partial charge in [0.25, 0.3) is 5.91 Å². The summed E-state index contributed by atoms with van der Waals surface area (Å²) in [6, 6.07) is 4.92. The van der Waals surface area contributed by atoms with Gasteiger partial charge >= 0.3 is 5.97 Å². The quantitative estimate of drug-likeness (QED) is 0.792. The average Bonchev–Trinajstić information content (AvgIpc) is 2.78. The molecule has 1 aromatic heterocycles. The lowest BCUT2D eigenvalue weighted by Gasteiger charge is -2.11. The molecule has 0 fully saturated rings. The molecule has 1 heterocycles. The van der Waals surface area contributed by atoms with E-state index in [1.807, 2.05) is 20.9 Å². The fourth-order valence-electron chi connectivity index (χ4n) is 2.30. The van der Waals surface area contributed by atoms with E-state index in [0.29, 0.717) is 17.2 Å². The minimum Gasteiger partial charge on any atom is -0.482 e. The minimum absolute atomic E-state index is 0.135. The molecule has 1 amide bonds. The summed E-state index contributed by atoms with van der Waals surface area (Å²) in [5, 5.41) is 15.6. The van der Waals surface area contributed by atoms with Crippen molar-refractivity contribution in [3.8, 4) is 11.5 Å². The van der Waals surface area contributed by atoms with Crippen LogP contribution in [0.3, 0.4) is 0 Å². The second kappa shape index (κ2) is 7.69. The highest BCUT2D eigenvalue weighted by Gasteiger charge is 2.13. The van der Waals surface area contributed by atoms with Gasteiger partial charge in [-0.3, -0.25) is 9.48 Å². The van der Waals surface area contributed by atoms with Crippen molar-refractivity contribution < 1.29 is 24.2 Å². The normalized spacial score (nSPS) is 10.4. The fourth-order valence-corrected chi connectivity index (χ4v) is 2.30. The average molecular weight is 347 g/mol. The van der Waals surface area contributed by atoms with Gasteiger partial charge in [-0.1, -0.05) is 0 Å². The van der Waals surface area contributed by atoms with Crippen LogP contribution in [0, 0.1) is 20.8 Å². The first-order chi connectivity index (χ1) is 11.8. The van der Waals surface area contributed by atoms with Crippen LogP contribution in [0.25, 0.3) is 0 Å². The summed E-state index contributed by atoms with van der Waals surface area (Å²) in [6.07, 6.45) is 0. The van der Waals surface area contributed by atoms with Gasteiger partial charge in [0.1, 0.15) is 11.4 Å². The number of rotatable bonds is 7. The van der Waals surface area contributed by atoms with Crippen molar-refractivity contribution in [3.63, 3.8) is 0 Å². The van der Waals surface area contributed by atoms with Crippen LogP contribution < -0.4 is 14.8 Å². The monoisotopic (exact) mass is 347 g/mol. The maximum absolute atomic E-state index is 12.1. The topological polar surface area (TPSA) is 103 Å². The highest BCUT2D eigenvalue weighted by molar-refractivity contribution is 5.92. The molecule has 0 spiro atoms. The van der Waals surface area contributed by atoms with Crippen LogP contribution in [0.2, 0.25) is 0 Å². The first kappa shape index (κ1) is 18.3. The Morgan fingerprint density at radius 1 is 1.20 bits per heavy atom. The Balaban J connectivity index is 1.95. The number of aliphatic carboxylic acids is 1. The molecule has 0 saturated heterocycles. The number of anilines is 1. The van der Waals surface area contributed by atoms with E-state index in [4.69, 9.17) is 14.6 Å².